The van der Waals surface area contributed by atoms with Gasteiger partial charge in [0.2, 0.25) is 5.91 Å². The van der Waals surface area contributed by atoms with Crippen LogP contribution in [0.5, 0.6) is 0 Å². The van der Waals surface area contributed by atoms with Crippen molar-refractivity contribution in [3.05, 3.63) is 6.33 Å². The number of amides is 1. The molecule has 2 rings (SSSR count). The van der Waals surface area contributed by atoms with Gasteiger partial charge >= 0.3 is 0 Å². The molecule has 0 radical (unpaired) electrons. The van der Waals surface area contributed by atoms with Gasteiger partial charge in [-0.05, 0) is 6.26 Å². The molecule has 1 amide bonds. The average molecular weight is 347 g/mol. The zero-order valence-electron chi connectivity index (χ0n) is 12.9. The first-order chi connectivity index (χ1) is 10.3. The van der Waals surface area contributed by atoms with Crippen molar-refractivity contribution in [1.82, 2.24) is 24.4 Å². The van der Waals surface area contributed by atoms with Gasteiger partial charge in [0.15, 0.2) is 0 Å². The molecule has 1 saturated heterocycles. The molecular formula is C12H21N5O3S2. The van der Waals surface area contributed by atoms with E-state index in [0.717, 1.165) is 12.1 Å². The molecule has 1 aliphatic rings. The Morgan fingerprint density at radius 3 is 2.50 bits per heavy atom. The molecular weight excluding hydrogens is 326 g/mol. The van der Waals surface area contributed by atoms with Crippen molar-refractivity contribution in [2.24, 2.45) is 5.41 Å². The number of sulfonamides is 1. The minimum Gasteiger partial charge on any atom is -0.340 e. The molecule has 124 valence electrons. The van der Waals surface area contributed by atoms with E-state index in [0.29, 0.717) is 13.1 Å². The number of nitrogens with one attached hydrogen (secondary N) is 1. The summed E-state index contributed by atoms with van der Waals surface area (Å²) in [7, 11) is -3.65. The summed E-state index contributed by atoms with van der Waals surface area (Å²) < 4.78 is 26.0. The molecule has 1 aromatic rings. The number of hydrogen-bond acceptors (Lipinski definition) is 6. The Morgan fingerprint density at radius 1 is 1.36 bits per heavy atom. The molecule has 1 fully saturated rings. The zero-order valence-corrected chi connectivity index (χ0v) is 14.6. The smallest absolute Gasteiger partial charge is 0.278 e. The van der Waals surface area contributed by atoms with Crippen LogP contribution in [0.25, 0.3) is 0 Å². The number of H-pyrrole nitrogens is 1. The number of aromatic nitrogens is 3. The summed E-state index contributed by atoms with van der Waals surface area (Å²) in [6.45, 7) is 5.16. The van der Waals surface area contributed by atoms with E-state index in [9.17, 15) is 13.2 Å². The Hall–Kier alpha value is -1.13. The van der Waals surface area contributed by atoms with Crippen molar-refractivity contribution in [3.8, 4) is 0 Å². The van der Waals surface area contributed by atoms with E-state index in [2.05, 4.69) is 15.2 Å². The summed E-state index contributed by atoms with van der Waals surface area (Å²) in [6, 6.07) is 0. The van der Waals surface area contributed by atoms with E-state index in [1.54, 1.807) is 16.7 Å². The quantitative estimate of drug-likeness (QED) is 0.806. The summed E-state index contributed by atoms with van der Waals surface area (Å²) in [5.74, 6) is 0.807. The lowest BCUT2D eigenvalue weighted by Gasteiger charge is -2.37. The van der Waals surface area contributed by atoms with Crippen molar-refractivity contribution < 1.29 is 13.2 Å². The van der Waals surface area contributed by atoms with E-state index < -0.39 is 15.4 Å². The molecule has 0 aliphatic carbocycles. The minimum atomic E-state index is -3.65. The first-order valence-electron chi connectivity index (χ1n) is 6.93. The van der Waals surface area contributed by atoms with Crippen LogP contribution in [0.4, 0.5) is 0 Å². The highest BCUT2D eigenvalue weighted by atomic mass is 32.2. The molecule has 10 heteroatoms. The summed E-state index contributed by atoms with van der Waals surface area (Å²) in [4.78, 5) is 18.0. The molecule has 2 heterocycles. The lowest BCUT2D eigenvalue weighted by molar-refractivity contribution is -0.140. The standard InChI is InChI=1S/C12H21N5O3S2/c1-12(2,8-21-3)10(18)16-4-6-17(7-5-16)22(19,20)11-13-9-14-15-11/h9H,4-8H2,1-3H3,(H,13,14,15). The molecule has 1 aliphatic heterocycles. The number of rotatable bonds is 5. The Labute approximate surface area is 134 Å². The predicted molar refractivity (Wildman–Crippen MR) is 83.9 cm³/mol. The third kappa shape index (κ3) is 3.44. The normalized spacial score (nSPS) is 17.7. The number of carbonyl (C=O) groups is 1. The Bertz CT molecular complexity index is 607. The average Bonchev–Trinajstić information content (AvgIpc) is 3.01. The maximum Gasteiger partial charge on any atom is 0.278 e. The van der Waals surface area contributed by atoms with Crippen molar-refractivity contribution in [2.45, 2.75) is 19.0 Å². The molecule has 1 aromatic heterocycles. The molecule has 0 atom stereocenters. The van der Waals surface area contributed by atoms with Gasteiger partial charge in [0.05, 0.1) is 5.41 Å². The molecule has 0 bridgehead atoms. The van der Waals surface area contributed by atoms with Crippen LogP contribution in [0.15, 0.2) is 11.5 Å². The topological polar surface area (TPSA) is 99.3 Å². The molecule has 0 saturated carbocycles. The third-order valence-electron chi connectivity index (χ3n) is 3.59. The van der Waals surface area contributed by atoms with Gasteiger partial charge in [-0.25, -0.2) is 18.5 Å². The second-order valence-corrected chi connectivity index (χ2v) is 8.52. The summed E-state index contributed by atoms with van der Waals surface area (Å²) in [6.07, 6.45) is 3.13. The van der Waals surface area contributed by atoms with Crippen LogP contribution in [0.1, 0.15) is 13.8 Å². The maximum absolute atomic E-state index is 12.5. The van der Waals surface area contributed by atoms with Crippen LogP contribution in [0.3, 0.4) is 0 Å². The monoisotopic (exact) mass is 347 g/mol. The van der Waals surface area contributed by atoms with Crippen LogP contribution >= 0.6 is 11.8 Å². The highest BCUT2D eigenvalue weighted by Crippen LogP contribution is 2.24. The van der Waals surface area contributed by atoms with Gasteiger partial charge in [0.1, 0.15) is 6.33 Å². The van der Waals surface area contributed by atoms with Crippen molar-refractivity contribution in [1.29, 1.82) is 0 Å². The summed E-state index contributed by atoms with van der Waals surface area (Å²) >= 11 is 1.63. The number of nitrogens with zero attached hydrogens (tertiary/aromatic N) is 4. The Kier molecular flexibility index (Phi) is 5.13. The minimum absolute atomic E-state index is 0.0681. The van der Waals surface area contributed by atoms with Crippen molar-refractivity contribution in [3.63, 3.8) is 0 Å². The number of piperazine rings is 1. The van der Waals surface area contributed by atoms with Crippen molar-refractivity contribution >= 4 is 27.7 Å². The molecule has 0 aromatic carbocycles. The number of aromatic amines is 1. The number of carbonyl (C=O) groups excluding carboxylic acids is 1. The lowest BCUT2D eigenvalue weighted by Crippen LogP contribution is -2.53. The number of thioether (sulfide) groups is 1. The fourth-order valence-electron chi connectivity index (χ4n) is 2.42. The Morgan fingerprint density at radius 2 is 2.00 bits per heavy atom. The SMILES string of the molecule is CSCC(C)(C)C(=O)N1CCN(S(=O)(=O)c2ncn[nH]2)CC1. The van der Waals surface area contributed by atoms with Crippen molar-refractivity contribution in [2.75, 3.05) is 38.2 Å². The highest BCUT2D eigenvalue weighted by molar-refractivity contribution is 7.98. The number of hydrogen-bond donors (Lipinski definition) is 1. The molecule has 0 spiro atoms. The highest BCUT2D eigenvalue weighted by Gasteiger charge is 2.36. The largest absolute Gasteiger partial charge is 0.340 e. The van der Waals surface area contributed by atoms with Gasteiger partial charge in [-0.3, -0.25) is 4.79 Å². The summed E-state index contributed by atoms with van der Waals surface area (Å²) in [5, 5.41) is 5.79. The van der Waals surface area contributed by atoms with Crippen LogP contribution in [0, 0.1) is 5.41 Å². The Balaban J connectivity index is 2.01. The van der Waals surface area contributed by atoms with Crippen LogP contribution in [-0.2, 0) is 14.8 Å². The fraction of sp³-hybridized carbons (Fsp3) is 0.750. The molecule has 1 N–H and O–H groups in total. The van der Waals surface area contributed by atoms with Crippen LogP contribution in [0.2, 0.25) is 0 Å². The fourth-order valence-corrected chi connectivity index (χ4v) is 4.51. The second-order valence-electron chi connectivity index (χ2n) is 5.80. The van der Waals surface area contributed by atoms with E-state index >= 15 is 0 Å². The van der Waals surface area contributed by atoms with Gasteiger partial charge < -0.3 is 4.90 Å². The van der Waals surface area contributed by atoms with Gasteiger partial charge in [-0.15, -0.1) is 0 Å². The van der Waals surface area contributed by atoms with E-state index in [4.69, 9.17) is 0 Å². The molecule has 22 heavy (non-hydrogen) atoms. The summed E-state index contributed by atoms with van der Waals surface area (Å²) in [5.41, 5.74) is -0.439. The van der Waals surface area contributed by atoms with Crippen LogP contribution in [-0.4, -0.2) is 76.9 Å². The van der Waals surface area contributed by atoms with E-state index in [1.807, 2.05) is 20.1 Å². The van der Waals surface area contributed by atoms with Gasteiger partial charge in [0, 0.05) is 31.9 Å². The van der Waals surface area contributed by atoms with Gasteiger partial charge in [-0.1, -0.05) is 13.8 Å². The van der Waals surface area contributed by atoms with Crippen LogP contribution < -0.4 is 0 Å². The zero-order chi connectivity index (χ0) is 16.4. The predicted octanol–water partition coefficient (Wildman–Crippen LogP) is 0.0268. The maximum atomic E-state index is 12.5. The van der Waals surface area contributed by atoms with Gasteiger partial charge in [0.25, 0.3) is 15.2 Å². The van der Waals surface area contributed by atoms with E-state index in [-0.39, 0.29) is 24.2 Å². The second kappa shape index (κ2) is 6.55. The molecule has 0 unspecified atom stereocenters. The third-order valence-corrected chi connectivity index (χ3v) is 6.33. The lowest BCUT2D eigenvalue weighted by atomic mass is 9.94. The first kappa shape index (κ1) is 17.2. The van der Waals surface area contributed by atoms with E-state index in [1.165, 1.54) is 4.31 Å². The first-order valence-corrected chi connectivity index (χ1v) is 9.76. The molecule has 8 nitrogen and oxygen atoms in total. The van der Waals surface area contributed by atoms with Gasteiger partial charge in [-0.2, -0.15) is 21.2 Å².